The molecule has 4 aromatic rings. The molecule has 2 amide bonds. The van der Waals surface area contributed by atoms with Crippen molar-refractivity contribution in [3.63, 3.8) is 0 Å². The maximum Gasteiger partial charge on any atom is 0.258 e. The van der Waals surface area contributed by atoms with Gasteiger partial charge in [0.25, 0.3) is 5.91 Å². The third kappa shape index (κ3) is 6.24. The van der Waals surface area contributed by atoms with Crippen molar-refractivity contribution in [1.82, 2.24) is 15.2 Å². The number of hydrogen-bond acceptors (Lipinski definition) is 7. The van der Waals surface area contributed by atoms with E-state index in [1.54, 1.807) is 68.0 Å². The van der Waals surface area contributed by atoms with E-state index in [2.05, 4.69) is 31.9 Å². The number of thiophene rings is 1. The maximum absolute atomic E-state index is 12.8. The highest BCUT2D eigenvalue weighted by Crippen LogP contribution is 2.31. The Hall–Kier alpha value is -4.18. The second-order valence-corrected chi connectivity index (χ2v) is 8.62. The molecular formula is C25H25N5O4S. The Morgan fingerprint density at radius 1 is 1.03 bits per heavy atom. The maximum atomic E-state index is 12.8. The van der Waals surface area contributed by atoms with Crippen molar-refractivity contribution in [2.24, 2.45) is 0 Å². The van der Waals surface area contributed by atoms with Crippen molar-refractivity contribution < 1.29 is 19.1 Å². The molecule has 0 atom stereocenters. The fourth-order valence-electron chi connectivity index (χ4n) is 3.45. The van der Waals surface area contributed by atoms with E-state index < -0.39 is 5.91 Å². The number of aromatic nitrogens is 3. The normalized spacial score (nSPS) is 10.6. The summed E-state index contributed by atoms with van der Waals surface area (Å²) >= 11 is 1.69. The Kier molecular flexibility index (Phi) is 7.74. The lowest BCUT2D eigenvalue weighted by Crippen LogP contribution is -2.15. The Morgan fingerprint density at radius 3 is 2.69 bits per heavy atom. The topological polar surface area (TPSA) is 118 Å². The SMILES string of the molecule is COc1ccc(-c2nc(NC(=O)c3cccc(NC(=O)CCCc4cccs4)c3)n[nH]2)c(OC)c1. The summed E-state index contributed by atoms with van der Waals surface area (Å²) in [4.78, 5) is 30.7. The summed E-state index contributed by atoms with van der Waals surface area (Å²) in [6.07, 6.45) is 2.04. The van der Waals surface area contributed by atoms with Crippen molar-refractivity contribution in [2.45, 2.75) is 19.3 Å². The molecule has 0 spiro atoms. The fraction of sp³-hybridized carbons (Fsp3) is 0.200. The van der Waals surface area contributed by atoms with Crippen LogP contribution in [0.15, 0.2) is 60.0 Å². The molecule has 0 saturated carbocycles. The molecule has 0 fully saturated rings. The molecule has 0 radical (unpaired) electrons. The van der Waals surface area contributed by atoms with Gasteiger partial charge in [0.1, 0.15) is 11.5 Å². The third-order valence-corrected chi connectivity index (χ3v) is 6.13. The molecule has 0 aliphatic rings. The number of ether oxygens (including phenoxy) is 2. The Bertz CT molecular complexity index is 1300. The number of carbonyl (C=O) groups is 2. The molecule has 9 nitrogen and oxygen atoms in total. The highest BCUT2D eigenvalue weighted by atomic mass is 32.1. The van der Waals surface area contributed by atoms with Gasteiger partial charge >= 0.3 is 0 Å². The number of anilines is 2. The summed E-state index contributed by atoms with van der Waals surface area (Å²) in [5.74, 6) is 1.26. The monoisotopic (exact) mass is 491 g/mol. The molecule has 0 aliphatic heterocycles. The van der Waals surface area contributed by atoms with E-state index in [1.807, 2.05) is 11.4 Å². The summed E-state index contributed by atoms with van der Waals surface area (Å²) in [6.45, 7) is 0. The van der Waals surface area contributed by atoms with Gasteiger partial charge in [-0.25, -0.2) is 0 Å². The van der Waals surface area contributed by atoms with Crippen LogP contribution in [0.5, 0.6) is 11.5 Å². The average Bonchev–Trinajstić information content (AvgIpc) is 3.56. The first-order chi connectivity index (χ1) is 17.1. The molecule has 0 saturated heterocycles. The van der Waals surface area contributed by atoms with Crippen LogP contribution in [0.2, 0.25) is 0 Å². The first-order valence-corrected chi connectivity index (χ1v) is 11.8. The van der Waals surface area contributed by atoms with Gasteiger partial charge in [0.15, 0.2) is 5.82 Å². The number of rotatable bonds is 10. The largest absolute Gasteiger partial charge is 0.497 e. The van der Waals surface area contributed by atoms with E-state index in [1.165, 1.54) is 4.88 Å². The smallest absolute Gasteiger partial charge is 0.258 e. The van der Waals surface area contributed by atoms with Gasteiger partial charge in [0.2, 0.25) is 11.9 Å². The van der Waals surface area contributed by atoms with Crippen LogP contribution < -0.4 is 20.1 Å². The Labute approximate surface area is 206 Å². The van der Waals surface area contributed by atoms with Crippen LogP contribution in [-0.4, -0.2) is 41.2 Å². The van der Waals surface area contributed by atoms with Gasteiger partial charge in [-0.1, -0.05) is 12.1 Å². The molecular weight excluding hydrogens is 466 g/mol. The van der Waals surface area contributed by atoms with E-state index in [0.29, 0.717) is 40.6 Å². The van der Waals surface area contributed by atoms with Crippen LogP contribution in [0.3, 0.4) is 0 Å². The first kappa shape index (κ1) is 24.0. The summed E-state index contributed by atoms with van der Waals surface area (Å²) in [7, 11) is 3.12. The van der Waals surface area contributed by atoms with Crippen molar-refractivity contribution in [1.29, 1.82) is 0 Å². The molecule has 4 rings (SSSR count). The zero-order chi connectivity index (χ0) is 24.6. The number of amides is 2. The quantitative estimate of drug-likeness (QED) is 0.294. The van der Waals surface area contributed by atoms with E-state index in [0.717, 1.165) is 12.8 Å². The number of H-pyrrole nitrogens is 1. The lowest BCUT2D eigenvalue weighted by molar-refractivity contribution is -0.116. The minimum absolute atomic E-state index is 0.0915. The molecule has 2 heterocycles. The summed E-state index contributed by atoms with van der Waals surface area (Å²) in [5, 5.41) is 14.4. The van der Waals surface area contributed by atoms with Gasteiger partial charge in [0.05, 0.1) is 19.8 Å². The number of carbonyl (C=O) groups excluding carboxylic acids is 2. The van der Waals surface area contributed by atoms with Gasteiger partial charge in [-0.2, -0.15) is 4.98 Å². The van der Waals surface area contributed by atoms with Crippen LogP contribution in [0, 0.1) is 0 Å². The van der Waals surface area contributed by atoms with Crippen molar-refractivity contribution >= 4 is 34.8 Å². The zero-order valence-electron chi connectivity index (χ0n) is 19.3. The number of nitrogens with one attached hydrogen (secondary N) is 3. The molecule has 35 heavy (non-hydrogen) atoms. The minimum atomic E-state index is -0.397. The highest BCUT2D eigenvalue weighted by molar-refractivity contribution is 7.09. The number of hydrogen-bond donors (Lipinski definition) is 3. The van der Waals surface area contributed by atoms with Crippen LogP contribution in [0.4, 0.5) is 11.6 Å². The van der Waals surface area contributed by atoms with E-state index in [4.69, 9.17) is 9.47 Å². The molecule has 10 heteroatoms. The lowest BCUT2D eigenvalue weighted by Gasteiger charge is -2.08. The lowest BCUT2D eigenvalue weighted by atomic mass is 10.1. The number of methoxy groups -OCH3 is 2. The molecule has 0 bridgehead atoms. The molecule has 3 N–H and O–H groups in total. The van der Waals surface area contributed by atoms with Crippen LogP contribution >= 0.6 is 11.3 Å². The van der Waals surface area contributed by atoms with Gasteiger partial charge in [-0.15, -0.1) is 16.4 Å². The standard InChI is InChI=1S/C25H25N5O4S/c1-33-18-11-12-20(21(15-18)34-2)23-27-25(30-29-23)28-24(32)16-6-3-7-17(14-16)26-22(31)10-4-8-19-9-5-13-35-19/h3,5-7,9,11-15H,4,8,10H2,1-2H3,(H,26,31)(H2,27,28,29,30,32). The van der Waals surface area contributed by atoms with Crippen LogP contribution in [0.25, 0.3) is 11.4 Å². The molecule has 0 unspecified atom stereocenters. The Balaban J connectivity index is 1.36. The number of aryl methyl sites for hydroxylation is 1. The summed E-state index contributed by atoms with van der Waals surface area (Å²) in [6, 6.07) is 16.1. The van der Waals surface area contributed by atoms with Crippen LogP contribution in [0.1, 0.15) is 28.1 Å². The Morgan fingerprint density at radius 2 is 1.91 bits per heavy atom. The first-order valence-electron chi connectivity index (χ1n) is 10.9. The zero-order valence-corrected chi connectivity index (χ0v) is 20.1. The predicted octanol–water partition coefficient (Wildman–Crippen LogP) is 4.76. The van der Waals surface area contributed by atoms with E-state index >= 15 is 0 Å². The predicted molar refractivity (Wildman–Crippen MR) is 135 cm³/mol. The average molecular weight is 492 g/mol. The van der Waals surface area contributed by atoms with Crippen molar-refractivity contribution in [2.75, 3.05) is 24.9 Å². The van der Waals surface area contributed by atoms with Gasteiger partial charge in [0, 0.05) is 28.6 Å². The third-order valence-electron chi connectivity index (χ3n) is 5.19. The van der Waals surface area contributed by atoms with E-state index in [9.17, 15) is 9.59 Å². The minimum Gasteiger partial charge on any atom is -0.497 e. The van der Waals surface area contributed by atoms with Crippen molar-refractivity contribution in [3.8, 4) is 22.9 Å². The second-order valence-electron chi connectivity index (χ2n) is 7.59. The highest BCUT2D eigenvalue weighted by Gasteiger charge is 2.15. The molecule has 2 aromatic carbocycles. The fourth-order valence-corrected chi connectivity index (χ4v) is 4.20. The van der Waals surface area contributed by atoms with Crippen molar-refractivity contribution in [3.05, 3.63) is 70.4 Å². The number of aromatic amines is 1. The number of nitrogens with zero attached hydrogens (tertiary/aromatic N) is 2. The summed E-state index contributed by atoms with van der Waals surface area (Å²) in [5.41, 5.74) is 1.59. The number of benzene rings is 2. The molecule has 2 aromatic heterocycles. The van der Waals surface area contributed by atoms with Gasteiger partial charge in [-0.05, 0) is 54.6 Å². The summed E-state index contributed by atoms with van der Waals surface area (Å²) < 4.78 is 10.6. The molecule has 180 valence electrons. The van der Waals surface area contributed by atoms with Gasteiger partial charge in [-0.3, -0.25) is 20.0 Å². The van der Waals surface area contributed by atoms with E-state index in [-0.39, 0.29) is 11.9 Å². The van der Waals surface area contributed by atoms with Crippen LogP contribution in [-0.2, 0) is 11.2 Å². The second kappa shape index (κ2) is 11.3. The van der Waals surface area contributed by atoms with Gasteiger partial charge < -0.3 is 14.8 Å². The molecule has 0 aliphatic carbocycles.